The smallest absolute Gasteiger partial charge is 0.228 e. The minimum absolute atomic E-state index is 0.0700. The van der Waals surface area contributed by atoms with Crippen LogP contribution in [0.3, 0.4) is 0 Å². The summed E-state index contributed by atoms with van der Waals surface area (Å²) in [6.45, 7) is 0.469. The molecule has 1 aliphatic rings. The van der Waals surface area contributed by atoms with Crippen LogP contribution in [0.15, 0.2) is 78.9 Å². The Morgan fingerprint density at radius 2 is 1.79 bits per heavy atom. The van der Waals surface area contributed by atoms with Crippen LogP contribution in [0, 0.1) is 0 Å². The highest BCUT2D eigenvalue weighted by Gasteiger charge is 2.35. The van der Waals surface area contributed by atoms with Gasteiger partial charge in [-0.25, -0.2) is 0 Å². The molecule has 0 saturated carbocycles. The zero-order valence-electron chi connectivity index (χ0n) is 18.5. The topological polar surface area (TPSA) is 38.8 Å². The molecule has 1 amide bonds. The maximum atomic E-state index is 13.5. The van der Waals surface area contributed by atoms with Gasteiger partial charge < -0.3 is 14.4 Å². The molecule has 1 unspecified atom stereocenters. The largest absolute Gasteiger partial charge is 0.497 e. The van der Waals surface area contributed by atoms with Crippen molar-refractivity contribution in [2.24, 2.45) is 0 Å². The average Bonchev–Trinajstić information content (AvgIpc) is 2.84. The van der Waals surface area contributed by atoms with E-state index >= 15 is 0 Å². The number of halogens is 1. The quantitative estimate of drug-likeness (QED) is 0.340. The molecule has 0 saturated heterocycles. The Bertz CT molecular complexity index is 1350. The highest BCUT2D eigenvalue weighted by molar-refractivity contribution is 6.30. The van der Waals surface area contributed by atoms with E-state index in [4.69, 9.17) is 21.1 Å². The number of anilines is 1. The lowest BCUT2D eigenvalue weighted by Crippen LogP contribution is -2.36. The number of nitrogens with zero attached hydrogens (tertiary/aromatic N) is 1. The van der Waals surface area contributed by atoms with E-state index in [0.717, 1.165) is 38.9 Å². The Balaban J connectivity index is 1.69. The SMILES string of the molecule is COc1ccc(C2CC(=O)N(Cc3cccc(Cl)c3)c3ccc4ccccc4c32)c(OC)c1. The predicted molar refractivity (Wildman–Crippen MR) is 133 cm³/mol. The van der Waals surface area contributed by atoms with Crippen LogP contribution in [0.4, 0.5) is 5.69 Å². The highest BCUT2D eigenvalue weighted by atomic mass is 35.5. The van der Waals surface area contributed by atoms with Crippen molar-refractivity contribution >= 4 is 34.0 Å². The number of hydrogen-bond acceptors (Lipinski definition) is 3. The molecule has 4 aromatic rings. The summed E-state index contributed by atoms with van der Waals surface area (Å²) in [6.07, 6.45) is 0.351. The van der Waals surface area contributed by atoms with Crippen molar-refractivity contribution < 1.29 is 14.3 Å². The molecule has 4 nitrogen and oxygen atoms in total. The molecular weight excluding hydrogens is 434 g/mol. The molecule has 0 bridgehead atoms. The molecule has 5 rings (SSSR count). The van der Waals surface area contributed by atoms with Crippen LogP contribution in [0.1, 0.15) is 29.0 Å². The number of ether oxygens (including phenoxy) is 2. The third-order valence-electron chi connectivity index (χ3n) is 6.31. The first kappa shape index (κ1) is 21.4. The first-order chi connectivity index (χ1) is 16.1. The van der Waals surface area contributed by atoms with Crippen molar-refractivity contribution in [3.05, 3.63) is 101 Å². The summed E-state index contributed by atoms with van der Waals surface area (Å²) in [6, 6.07) is 25.9. The number of carbonyl (C=O) groups is 1. The molecule has 1 atom stereocenters. The molecule has 0 fully saturated rings. The van der Waals surface area contributed by atoms with E-state index in [1.165, 1.54) is 0 Å². The normalized spacial score (nSPS) is 15.4. The molecule has 0 aliphatic carbocycles. The van der Waals surface area contributed by atoms with Crippen molar-refractivity contribution in [1.29, 1.82) is 0 Å². The maximum Gasteiger partial charge on any atom is 0.228 e. The third-order valence-corrected chi connectivity index (χ3v) is 6.55. The van der Waals surface area contributed by atoms with Gasteiger partial charge in [0.2, 0.25) is 5.91 Å². The fourth-order valence-corrected chi connectivity index (χ4v) is 4.98. The zero-order valence-corrected chi connectivity index (χ0v) is 19.3. The Hall–Kier alpha value is -3.50. The van der Waals surface area contributed by atoms with E-state index in [-0.39, 0.29) is 11.8 Å². The summed E-state index contributed by atoms with van der Waals surface area (Å²) < 4.78 is 11.1. The number of amides is 1. The number of hydrogen-bond donors (Lipinski definition) is 0. The molecule has 33 heavy (non-hydrogen) atoms. The van der Waals surface area contributed by atoms with E-state index in [1.54, 1.807) is 14.2 Å². The molecule has 0 aromatic heterocycles. The predicted octanol–water partition coefficient (Wildman–Crippen LogP) is 6.58. The van der Waals surface area contributed by atoms with Crippen LogP contribution >= 0.6 is 11.6 Å². The molecule has 0 N–H and O–H groups in total. The Kier molecular flexibility index (Phi) is 5.69. The van der Waals surface area contributed by atoms with Gasteiger partial charge in [0.25, 0.3) is 0 Å². The molecular formula is C28H24ClNO3. The minimum atomic E-state index is -0.130. The van der Waals surface area contributed by atoms with Gasteiger partial charge in [-0.1, -0.05) is 60.1 Å². The Labute approximate surface area is 198 Å². The zero-order chi connectivity index (χ0) is 22.9. The van der Waals surface area contributed by atoms with Gasteiger partial charge in [-0.15, -0.1) is 0 Å². The molecule has 4 aromatic carbocycles. The molecule has 0 spiro atoms. The summed E-state index contributed by atoms with van der Waals surface area (Å²) in [5.41, 5.74) is 4.04. The summed E-state index contributed by atoms with van der Waals surface area (Å²) >= 11 is 6.21. The highest BCUT2D eigenvalue weighted by Crippen LogP contribution is 2.47. The van der Waals surface area contributed by atoms with Gasteiger partial charge in [-0.2, -0.15) is 0 Å². The second-order valence-corrected chi connectivity index (χ2v) is 8.63. The van der Waals surface area contributed by atoms with Crippen LogP contribution in [-0.2, 0) is 11.3 Å². The molecule has 1 aliphatic heterocycles. The van der Waals surface area contributed by atoms with Crippen molar-refractivity contribution in [2.45, 2.75) is 18.9 Å². The second kappa shape index (κ2) is 8.80. The van der Waals surface area contributed by atoms with E-state index in [0.29, 0.717) is 23.7 Å². The van der Waals surface area contributed by atoms with Crippen molar-refractivity contribution in [3.63, 3.8) is 0 Å². The molecule has 1 heterocycles. The molecule has 0 radical (unpaired) electrons. The van der Waals surface area contributed by atoms with Crippen molar-refractivity contribution in [1.82, 2.24) is 0 Å². The lowest BCUT2D eigenvalue weighted by atomic mass is 9.80. The standard InChI is InChI=1S/C28H24ClNO3/c1-32-21-11-12-23(26(15-21)33-2)24-16-27(31)30(17-18-6-5-8-20(29)14-18)25-13-10-19-7-3-4-9-22(19)28(24)25/h3-15,24H,16-17H2,1-2H3. The summed E-state index contributed by atoms with van der Waals surface area (Å²) in [5, 5.41) is 2.95. The van der Waals surface area contributed by atoms with Crippen molar-refractivity contribution in [2.75, 3.05) is 19.1 Å². The number of fused-ring (bicyclic) bond motifs is 3. The maximum absolute atomic E-state index is 13.5. The molecule has 166 valence electrons. The number of benzene rings is 4. The van der Waals surface area contributed by atoms with E-state index in [1.807, 2.05) is 59.5 Å². The second-order valence-electron chi connectivity index (χ2n) is 8.19. The number of carbonyl (C=O) groups excluding carboxylic acids is 1. The van der Waals surface area contributed by atoms with Gasteiger partial charge >= 0.3 is 0 Å². The minimum Gasteiger partial charge on any atom is -0.497 e. The lowest BCUT2D eigenvalue weighted by Gasteiger charge is -2.36. The van der Waals surface area contributed by atoms with Crippen LogP contribution in [0.25, 0.3) is 10.8 Å². The van der Waals surface area contributed by atoms with Crippen LogP contribution < -0.4 is 14.4 Å². The van der Waals surface area contributed by atoms with Gasteiger partial charge in [-0.3, -0.25) is 4.79 Å². The third kappa shape index (κ3) is 3.91. The summed E-state index contributed by atoms with van der Waals surface area (Å²) in [4.78, 5) is 15.4. The Morgan fingerprint density at radius 1 is 0.939 bits per heavy atom. The fourth-order valence-electron chi connectivity index (χ4n) is 4.77. The first-order valence-electron chi connectivity index (χ1n) is 10.9. The van der Waals surface area contributed by atoms with Gasteiger partial charge in [0.05, 0.1) is 20.8 Å². The van der Waals surface area contributed by atoms with Gasteiger partial charge in [-0.05, 0) is 46.2 Å². The lowest BCUT2D eigenvalue weighted by molar-refractivity contribution is -0.119. The van der Waals surface area contributed by atoms with Gasteiger partial charge in [0, 0.05) is 34.7 Å². The van der Waals surface area contributed by atoms with Gasteiger partial charge in [0.15, 0.2) is 0 Å². The summed E-state index contributed by atoms with van der Waals surface area (Å²) in [7, 11) is 3.29. The molecule has 5 heteroatoms. The number of rotatable bonds is 5. The monoisotopic (exact) mass is 457 g/mol. The fraction of sp³-hybridized carbons (Fsp3) is 0.179. The van der Waals surface area contributed by atoms with Crippen LogP contribution in [0.2, 0.25) is 5.02 Å². The number of methoxy groups -OCH3 is 2. The van der Waals surface area contributed by atoms with Crippen LogP contribution in [0.5, 0.6) is 11.5 Å². The Morgan fingerprint density at radius 3 is 2.58 bits per heavy atom. The van der Waals surface area contributed by atoms with E-state index in [2.05, 4.69) is 24.3 Å². The van der Waals surface area contributed by atoms with E-state index < -0.39 is 0 Å². The van der Waals surface area contributed by atoms with Crippen LogP contribution in [-0.4, -0.2) is 20.1 Å². The summed E-state index contributed by atoms with van der Waals surface area (Å²) in [5.74, 6) is 1.38. The van der Waals surface area contributed by atoms with Crippen molar-refractivity contribution in [3.8, 4) is 11.5 Å². The first-order valence-corrected chi connectivity index (χ1v) is 11.2. The average molecular weight is 458 g/mol. The van der Waals surface area contributed by atoms with Gasteiger partial charge in [0.1, 0.15) is 11.5 Å². The van der Waals surface area contributed by atoms with E-state index in [9.17, 15) is 4.79 Å².